The quantitative estimate of drug-likeness (QED) is 0.700. The van der Waals surface area contributed by atoms with E-state index in [1.807, 2.05) is 37.3 Å². The van der Waals surface area contributed by atoms with Crippen LogP contribution in [0.3, 0.4) is 0 Å². The largest absolute Gasteiger partial charge is 0.454 e. The highest BCUT2D eigenvalue weighted by Gasteiger charge is 2.30. The number of hydrogen-bond donors (Lipinski definition) is 0. The Morgan fingerprint density at radius 3 is 2.47 bits per heavy atom. The normalized spacial score (nSPS) is 16.9. The van der Waals surface area contributed by atoms with Crippen LogP contribution < -0.4 is 9.47 Å². The summed E-state index contributed by atoms with van der Waals surface area (Å²) in [7, 11) is -3.57. The molecule has 0 atom stereocenters. The molecule has 4 rings (SSSR count). The van der Waals surface area contributed by atoms with Gasteiger partial charge in [0.05, 0.1) is 4.90 Å². The van der Waals surface area contributed by atoms with Gasteiger partial charge in [-0.2, -0.15) is 4.31 Å². The fourth-order valence-corrected chi connectivity index (χ4v) is 5.29. The predicted molar refractivity (Wildman–Crippen MR) is 113 cm³/mol. The molecular weight excluding hydrogens is 404 g/mol. The van der Waals surface area contributed by atoms with Crippen LogP contribution >= 0.6 is 0 Å². The Bertz CT molecular complexity index is 1100. The summed E-state index contributed by atoms with van der Waals surface area (Å²) in [5.74, 6) is 1.21. The minimum atomic E-state index is -3.57. The van der Waals surface area contributed by atoms with E-state index in [1.165, 1.54) is 10.4 Å². The molecule has 0 bridgehead atoms. The van der Waals surface area contributed by atoms with Gasteiger partial charge in [-0.05, 0) is 54.8 Å². The molecule has 7 nitrogen and oxygen atoms in total. The van der Waals surface area contributed by atoms with E-state index < -0.39 is 10.0 Å². The van der Waals surface area contributed by atoms with Gasteiger partial charge in [0, 0.05) is 32.3 Å². The second-order valence-electron chi connectivity index (χ2n) is 7.44. The zero-order chi connectivity index (χ0) is 21.3. The molecule has 2 aromatic rings. The van der Waals surface area contributed by atoms with Gasteiger partial charge < -0.3 is 14.4 Å². The van der Waals surface area contributed by atoms with Gasteiger partial charge >= 0.3 is 0 Å². The lowest BCUT2D eigenvalue weighted by atomic mass is 10.2. The van der Waals surface area contributed by atoms with Gasteiger partial charge in [-0.3, -0.25) is 4.79 Å². The highest BCUT2D eigenvalue weighted by atomic mass is 32.2. The zero-order valence-corrected chi connectivity index (χ0v) is 17.8. The number of rotatable bonds is 4. The fourth-order valence-electron chi connectivity index (χ4n) is 3.56. The number of aryl methyl sites for hydroxylation is 2. The molecule has 1 fully saturated rings. The monoisotopic (exact) mass is 428 g/mol. The second kappa shape index (κ2) is 8.12. The molecule has 2 aliphatic heterocycles. The van der Waals surface area contributed by atoms with E-state index >= 15 is 0 Å². The van der Waals surface area contributed by atoms with Crippen molar-refractivity contribution in [3.63, 3.8) is 0 Å². The molecule has 2 heterocycles. The summed E-state index contributed by atoms with van der Waals surface area (Å²) in [6.07, 6.45) is 3.23. The standard InChI is InChI=1S/C22H24N2O5S/c1-16-3-4-17(2)21(13-16)30(26,27)24-11-9-23(10-12-24)22(25)8-6-18-5-7-19-20(14-18)29-15-28-19/h3-8,13-14H,9-12,15H2,1-2H3/b8-6+. The van der Waals surface area contributed by atoms with Gasteiger partial charge in [0.1, 0.15) is 0 Å². The molecule has 0 spiro atoms. The van der Waals surface area contributed by atoms with Crippen molar-refractivity contribution in [2.45, 2.75) is 18.7 Å². The van der Waals surface area contributed by atoms with E-state index in [-0.39, 0.29) is 25.8 Å². The number of amides is 1. The number of piperazine rings is 1. The van der Waals surface area contributed by atoms with Crippen LogP contribution in [-0.2, 0) is 14.8 Å². The van der Waals surface area contributed by atoms with Gasteiger partial charge in [0.2, 0.25) is 22.7 Å². The SMILES string of the molecule is Cc1ccc(C)c(S(=O)(=O)N2CCN(C(=O)/C=C/c3ccc4c(c3)OCO4)CC2)c1. The first-order chi connectivity index (χ1) is 14.3. The van der Waals surface area contributed by atoms with Crippen molar-refractivity contribution in [3.05, 3.63) is 59.2 Å². The molecule has 2 aliphatic rings. The van der Waals surface area contributed by atoms with Crippen LogP contribution in [0.2, 0.25) is 0 Å². The van der Waals surface area contributed by atoms with Crippen LogP contribution in [0.25, 0.3) is 6.08 Å². The molecule has 0 saturated carbocycles. The number of carbonyl (C=O) groups excluding carboxylic acids is 1. The third-order valence-corrected chi connectivity index (χ3v) is 7.37. The Kier molecular flexibility index (Phi) is 5.53. The summed E-state index contributed by atoms with van der Waals surface area (Å²) in [5.41, 5.74) is 2.47. The first-order valence-electron chi connectivity index (χ1n) is 9.79. The summed E-state index contributed by atoms with van der Waals surface area (Å²) >= 11 is 0. The maximum atomic E-state index is 13.0. The van der Waals surface area contributed by atoms with Crippen LogP contribution in [0.1, 0.15) is 16.7 Å². The smallest absolute Gasteiger partial charge is 0.246 e. The third kappa shape index (κ3) is 4.06. The van der Waals surface area contributed by atoms with Crippen molar-refractivity contribution in [1.82, 2.24) is 9.21 Å². The number of carbonyl (C=O) groups is 1. The van der Waals surface area contributed by atoms with Crippen molar-refractivity contribution in [1.29, 1.82) is 0 Å². The third-order valence-electron chi connectivity index (χ3n) is 5.33. The van der Waals surface area contributed by atoms with Crippen molar-refractivity contribution >= 4 is 22.0 Å². The molecule has 0 N–H and O–H groups in total. The molecule has 0 unspecified atom stereocenters. The number of benzene rings is 2. The van der Waals surface area contributed by atoms with Gasteiger partial charge in [-0.15, -0.1) is 0 Å². The topological polar surface area (TPSA) is 76.2 Å². The average Bonchev–Trinajstić information content (AvgIpc) is 3.21. The molecule has 0 aliphatic carbocycles. The van der Waals surface area contributed by atoms with Crippen molar-refractivity contribution in [2.75, 3.05) is 33.0 Å². The van der Waals surface area contributed by atoms with E-state index in [0.29, 0.717) is 29.5 Å². The first kappa shape index (κ1) is 20.4. The lowest BCUT2D eigenvalue weighted by Gasteiger charge is -2.33. The maximum Gasteiger partial charge on any atom is 0.246 e. The lowest BCUT2D eigenvalue weighted by molar-refractivity contribution is -0.127. The Balaban J connectivity index is 1.39. The Morgan fingerprint density at radius 2 is 1.70 bits per heavy atom. The summed E-state index contributed by atoms with van der Waals surface area (Å²) in [5, 5.41) is 0. The fraction of sp³-hybridized carbons (Fsp3) is 0.318. The summed E-state index contributed by atoms with van der Waals surface area (Å²) in [4.78, 5) is 14.5. The summed E-state index contributed by atoms with van der Waals surface area (Å²) < 4.78 is 38.1. The molecule has 2 aromatic carbocycles. The first-order valence-corrected chi connectivity index (χ1v) is 11.2. The lowest BCUT2D eigenvalue weighted by Crippen LogP contribution is -2.50. The molecule has 8 heteroatoms. The Morgan fingerprint density at radius 1 is 0.967 bits per heavy atom. The maximum absolute atomic E-state index is 13.0. The van der Waals surface area contributed by atoms with E-state index in [0.717, 1.165) is 16.7 Å². The number of nitrogens with zero attached hydrogens (tertiary/aromatic N) is 2. The van der Waals surface area contributed by atoms with Gasteiger partial charge in [0.25, 0.3) is 0 Å². The van der Waals surface area contributed by atoms with Crippen molar-refractivity contribution < 1.29 is 22.7 Å². The van der Waals surface area contributed by atoms with E-state index in [1.54, 1.807) is 24.0 Å². The van der Waals surface area contributed by atoms with Crippen LogP contribution in [0.15, 0.2) is 47.4 Å². The minimum Gasteiger partial charge on any atom is -0.454 e. The highest BCUT2D eigenvalue weighted by Crippen LogP contribution is 2.32. The summed E-state index contributed by atoms with van der Waals surface area (Å²) in [6, 6.07) is 10.9. The Hall–Kier alpha value is -2.84. The predicted octanol–water partition coefficient (Wildman–Crippen LogP) is 2.58. The summed E-state index contributed by atoms with van der Waals surface area (Å²) in [6.45, 7) is 5.15. The number of fused-ring (bicyclic) bond motifs is 1. The van der Waals surface area contributed by atoms with E-state index in [2.05, 4.69) is 0 Å². The van der Waals surface area contributed by atoms with Gasteiger partial charge in [-0.1, -0.05) is 18.2 Å². The van der Waals surface area contributed by atoms with E-state index in [4.69, 9.17) is 9.47 Å². The molecular formula is C22H24N2O5S. The van der Waals surface area contributed by atoms with Crippen LogP contribution in [0.5, 0.6) is 11.5 Å². The van der Waals surface area contributed by atoms with Crippen LogP contribution in [0, 0.1) is 13.8 Å². The number of ether oxygens (including phenoxy) is 2. The molecule has 0 radical (unpaired) electrons. The number of hydrogen-bond acceptors (Lipinski definition) is 5. The Labute approximate surface area is 176 Å². The van der Waals surface area contributed by atoms with Crippen molar-refractivity contribution in [2.24, 2.45) is 0 Å². The molecule has 30 heavy (non-hydrogen) atoms. The minimum absolute atomic E-state index is 0.142. The van der Waals surface area contributed by atoms with Gasteiger partial charge in [-0.25, -0.2) is 8.42 Å². The van der Waals surface area contributed by atoms with Gasteiger partial charge in [0.15, 0.2) is 11.5 Å². The molecule has 1 amide bonds. The molecule has 0 aromatic heterocycles. The second-order valence-corrected chi connectivity index (χ2v) is 9.35. The van der Waals surface area contributed by atoms with Crippen LogP contribution in [0.4, 0.5) is 0 Å². The number of sulfonamides is 1. The zero-order valence-electron chi connectivity index (χ0n) is 17.0. The van der Waals surface area contributed by atoms with E-state index in [9.17, 15) is 13.2 Å². The molecule has 1 saturated heterocycles. The molecule has 158 valence electrons. The average molecular weight is 429 g/mol. The van der Waals surface area contributed by atoms with Crippen molar-refractivity contribution in [3.8, 4) is 11.5 Å². The highest BCUT2D eigenvalue weighted by molar-refractivity contribution is 7.89. The van der Waals surface area contributed by atoms with Crippen LogP contribution in [-0.4, -0.2) is 56.5 Å².